The number of piperazine rings is 1. The molecule has 0 N–H and O–H groups in total. The number of para-hydroxylation sites is 2. The van der Waals surface area contributed by atoms with Crippen LogP contribution in [-0.2, 0) is 0 Å². The average Bonchev–Trinajstić information content (AvgIpc) is 2.78. The lowest BCUT2D eigenvalue weighted by Crippen LogP contribution is -2.46. The lowest BCUT2D eigenvalue weighted by Gasteiger charge is -2.37. The first-order valence-electron chi connectivity index (χ1n) is 10.5. The number of carbonyl (C=O) groups is 1. The number of benzene rings is 1. The summed E-state index contributed by atoms with van der Waals surface area (Å²) in [5.41, 5.74) is 2.83. The zero-order chi connectivity index (χ0) is 20.6. The molecule has 1 fully saturated rings. The Bertz CT molecular complexity index is 797. The summed E-state index contributed by atoms with van der Waals surface area (Å²) in [6.07, 6.45) is 5.47. The molecule has 29 heavy (non-hydrogen) atoms. The predicted octanol–water partition coefficient (Wildman–Crippen LogP) is 3.68. The highest BCUT2D eigenvalue weighted by Crippen LogP contribution is 2.29. The molecule has 0 bridgehead atoms. The highest BCUT2D eigenvalue weighted by molar-refractivity contribution is 5.94. The monoisotopic (exact) mass is 396 g/mol. The summed E-state index contributed by atoms with van der Waals surface area (Å²) < 4.78 is 5.51. The fraction of sp³-hybridized carbons (Fsp3) is 0.478. The summed E-state index contributed by atoms with van der Waals surface area (Å²) >= 11 is 0. The second kappa shape index (κ2) is 10.1. The Morgan fingerprint density at radius 2 is 1.69 bits per heavy atom. The van der Waals surface area contributed by atoms with E-state index in [1.807, 2.05) is 35.4 Å². The van der Waals surface area contributed by atoms with Gasteiger partial charge in [-0.05, 0) is 31.0 Å². The van der Waals surface area contributed by atoms with Gasteiger partial charge in [-0.15, -0.1) is 0 Å². The number of hydrogen-bond acceptors (Lipinski definition) is 5. The van der Waals surface area contributed by atoms with E-state index in [4.69, 9.17) is 4.74 Å². The van der Waals surface area contributed by atoms with Crippen LogP contribution in [0, 0.1) is 0 Å². The summed E-state index contributed by atoms with van der Waals surface area (Å²) in [7, 11) is 1.71. The molecule has 0 radical (unpaired) electrons. The van der Waals surface area contributed by atoms with E-state index in [2.05, 4.69) is 34.7 Å². The van der Waals surface area contributed by atoms with Gasteiger partial charge in [0.15, 0.2) is 0 Å². The molecule has 3 rings (SSSR count). The van der Waals surface area contributed by atoms with E-state index in [1.165, 1.54) is 0 Å². The average molecular weight is 397 g/mol. The van der Waals surface area contributed by atoms with E-state index < -0.39 is 0 Å². The van der Waals surface area contributed by atoms with Crippen molar-refractivity contribution in [3.8, 4) is 5.75 Å². The van der Waals surface area contributed by atoms with Gasteiger partial charge in [-0.25, -0.2) is 0 Å². The van der Waals surface area contributed by atoms with Crippen LogP contribution < -0.4 is 14.5 Å². The Labute approximate surface area is 174 Å². The molecule has 2 aromatic rings. The molecule has 1 saturated heterocycles. The van der Waals surface area contributed by atoms with Crippen molar-refractivity contribution in [2.45, 2.75) is 26.7 Å². The van der Waals surface area contributed by atoms with Crippen molar-refractivity contribution in [3.05, 3.63) is 48.3 Å². The first-order chi connectivity index (χ1) is 14.2. The number of ether oxygens (including phenoxy) is 1. The number of carbonyl (C=O) groups excluding carboxylic acids is 1. The molecule has 0 aliphatic carbocycles. The molecular weight excluding hydrogens is 364 g/mol. The van der Waals surface area contributed by atoms with Crippen LogP contribution in [0.5, 0.6) is 5.75 Å². The fourth-order valence-corrected chi connectivity index (χ4v) is 3.85. The van der Waals surface area contributed by atoms with Crippen LogP contribution in [0.1, 0.15) is 37.0 Å². The maximum Gasteiger partial charge on any atom is 0.255 e. The molecule has 6 heteroatoms. The second-order valence-electron chi connectivity index (χ2n) is 7.37. The topological polar surface area (TPSA) is 48.9 Å². The minimum absolute atomic E-state index is 0.0794. The molecule has 0 spiro atoms. The van der Waals surface area contributed by atoms with Crippen LogP contribution in [0.15, 0.2) is 42.7 Å². The maximum atomic E-state index is 12.9. The van der Waals surface area contributed by atoms with E-state index in [9.17, 15) is 4.79 Å². The Hall–Kier alpha value is -2.76. The number of amides is 1. The van der Waals surface area contributed by atoms with E-state index in [0.29, 0.717) is 5.56 Å². The maximum absolute atomic E-state index is 12.9. The van der Waals surface area contributed by atoms with Gasteiger partial charge >= 0.3 is 0 Å². The summed E-state index contributed by atoms with van der Waals surface area (Å²) in [6.45, 7) is 9.34. The third-order valence-corrected chi connectivity index (χ3v) is 5.32. The van der Waals surface area contributed by atoms with E-state index in [0.717, 1.165) is 69.2 Å². The molecule has 0 atom stereocenters. The van der Waals surface area contributed by atoms with Crippen LogP contribution in [0.3, 0.4) is 0 Å². The van der Waals surface area contributed by atoms with Gasteiger partial charge in [0.25, 0.3) is 5.91 Å². The van der Waals surface area contributed by atoms with Gasteiger partial charge in [0.05, 0.1) is 30.2 Å². The molecule has 6 nitrogen and oxygen atoms in total. The molecule has 1 aliphatic heterocycles. The quantitative estimate of drug-likeness (QED) is 0.681. The zero-order valence-electron chi connectivity index (χ0n) is 17.8. The van der Waals surface area contributed by atoms with Crippen LogP contribution in [-0.4, -0.2) is 62.2 Å². The van der Waals surface area contributed by atoms with Crippen LogP contribution in [0.4, 0.5) is 11.4 Å². The first-order valence-corrected chi connectivity index (χ1v) is 10.5. The molecule has 0 saturated carbocycles. The molecule has 156 valence electrons. The molecule has 1 amide bonds. The van der Waals surface area contributed by atoms with Crippen molar-refractivity contribution >= 4 is 17.3 Å². The Morgan fingerprint density at radius 3 is 2.34 bits per heavy atom. The summed E-state index contributed by atoms with van der Waals surface area (Å²) in [5.74, 6) is 0.984. The minimum Gasteiger partial charge on any atom is -0.495 e. The third kappa shape index (κ3) is 5.00. The van der Waals surface area contributed by atoms with Gasteiger partial charge in [-0.1, -0.05) is 26.0 Å². The van der Waals surface area contributed by atoms with Crippen molar-refractivity contribution in [3.63, 3.8) is 0 Å². The summed E-state index contributed by atoms with van der Waals surface area (Å²) in [5, 5.41) is 0. The SMILES string of the molecule is CCCN(CCC)C(=O)c1cncc(N2CCN(c3ccccc3OC)CC2)c1. The Morgan fingerprint density at radius 1 is 1.03 bits per heavy atom. The smallest absolute Gasteiger partial charge is 0.255 e. The van der Waals surface area contributed by atoms with Crippen molar-refractivity contribution in [1.29, 1.82) is 0 Å². The fourth-order valence-electron chi connectivity index (χ4n) is 3.85. The number of pyridine rings is 1. The Kier molecular flexibility index (Phi) is 7.33. The van der Waals surface area contributed by atoms with Gasteiger partial charge in [-0.3, -0.25) is 9.78 Å². The number of hydrogen-bond donors (Lipinski definition) is 0. The number of aromatic nitrogens is 1. The third-order valence-electron chi connectivity index (χ3n) is 5.32. The van der Waals surface area contributed by atoms with E-state index in [-0.39, 0.29) is 5.91 Å². The molecule has 1 aromatic carbocycles. The molecular formula is C23H32N4O2. The highest BCUT2D eigenvalue weighted by Gasteiger charge is 2.21. The standard InChI is InChI=1S/C23H32N4O2/c1-4-10-27(11-5-2)23(28)19-16-20(18-24-17-19)25-12-14-26(15-13-25)21-8-6-7-9-22(21)29-3/h6-9,16-18H,4-5,10-15H2,1-3H3. The van der Waals surface area contributed by atoms with Crippen molar-refractivity contribution in [1.82, 2.24) is 9.88 Å². The van der Waals surface area contributed by atoms with Gasteiger partial charge in [0.1, 0.15) is 5.75 Å². The molecule has 0 unspecified atom stereocenters. The minimum atomic E-state index is 0.0794. The Balaban J connectivity index is 1.68. The van der Waals surface area contributed by atoms with Crippen LogP contribution >= 0.6 is 0 Å². The molecule has 1 aromatic heterocycles. The van der Waals surface area contributed by atoms with E-state index in [1.54, 1.807) is 13.3 Å². The van der Waals surface area contributed by atoms with E-state index >= 15 is 0 Å². The molecule has 1 aliphatic rings. The number of anilines is 2. The van der Waals surface area contributed by atoms with Gasteiger partial charge in [-0.2, -0.15) is 0 Å². The summed E-state index contributed by atoms with van der Waals surface area (Å²) in [4.78, 5) is 23.9. The second-order valence-corrected chi connectivity index (χ2v) is 7.37. The van der Waals surface area contributed by atoms with Gasteiger partial charge < -0.3 is 19.4 Å². The lowest BCUT2D eigenvalue weighted by atomic mass is 10.2. The van der Waals surface area contributed by atoms with Crippen LogP contribution in [0.25, 0.3) is 0 Å². The van der Waals surface area contributed by atoms with Crippen molar-refractivity contribution in [2.24, 2.45) is 0 Å². The first kappa shape index (κ1) is 21.0. The number of methoxy groups -OCH3 is 1. The molecule has 2 heterocycles. The van der Waals surface area contributed by atoms with Gasteiger partial charge in [0.2, 0.25) is 0 Å². The lowest BCUT2D eigenvalue weighted by molar-refractivity contribution is 0.0755. The summed E-state index contributed by atoms with van der Waals surface area (Å²) in [6, 6.07) is 10.1. The highest BCUT2D eigenvalue weighted by atomic mass is 16.5. The zero-order valence-corrected chi connectivity index (χ0v) is 17.8. The largest absolute Gasteiger partial charge is 0.495 e. The van der Waals surface area contributed by atoms with Crippen molar-refractivity contribution in [2.75, 3.05) is 56.2 Å². The van der Waals surface area contributed by atoms with Gasteiger partial charge in [0, 0.05) is 45.5 Å². The predicted molar refractivity (Wildman–Crippen MR) is 118 cm³/mol. The normalized spacial score (nSPS) is 14.0. The number of rotatable bonds is 8. The van der Waals surface area contributed by atoms with Crippen LogP contribution in [0.2, 0.25) is 0 Å². The number of nitrogens with zero attached hydrogens (tertiary/aromatic N) is 4. The van der Waals surface area contributed by atoms with Crippen molar-refractivity contribution < 1.29 is 9.53 Å².